The Morgan fingerprint density at radius 3 is 3.00 bits per heavy atom. The molecule has 2 rings (SSSR count). The first-order valence-electron chi connectivity index (χ1n) is 6.53. The predicted molar refractivity (Wildman–Crippen MR) is 82.0 cm³/mol. The van der Waals surface area contributed by atoms with E-state index in [0.717, 1.165) is 5.75 Å². The summed E-state index contributed by atoms with van der Waals surface area (Å²) in [6, 6.07) is 6.56. The van der Waals surface area contributed by atoms with Gasteiger partial charge >= 0.3 is 5.97 Å². The van der Waals surface area contributed by atoms with E-state index >= 15 is 0 Å². The van der Waals surface area contributed by atoms with E-state index in [4.69, 9.17) is 21.4 Å². The Labute approximate surface area is 132 Å². The lowest BCUT2D eigenvalue weighted by Crippen LogP contribution is -2.48. The molecule has 5 nitrogen and oxygen atoms in total. The Hall–Kier alpha value is -1.40. The van der Waals surface area contributed by atoms with E-state index in [0.29, 0.717) is 23.1 Å². The first-order chi connectivity index (χ1) is 10.1. The summed E-state index contributed by atoms with van der Waals surface area (Å²) in [6.45, 7) is 0.446. The number of rotatable bonds is 5. The van der Waals surface area contributed by atoms with Gasteiger partial charge in [0.2, 0.25) is 0 Å². The van der Waals surface area contributed by atoms with Gasteiger partial charge in [-0.25, -0.2) is 0 Å². The highest BCUT2D eigenvalue weighted by atomic mass is 35.5. The maximum absolute atomic E-state index is 12.2. The Morgan fingerprint density at radius 1 is 1.48 bits per heavy atom. The second-order valence-electron chi connectivity index (χ2n) is 4.66. The quantitative estimate of drug-likeness (QED) is 0.896. The average Bonchev–Trinajstić information content (AvgIpc) is 2.45. The summed E-state index contributed by atoms with van der Waals surface area (Å²) >= 11 is 7.51. The minimum atomic E-state index is -0.893. The standard InChI is InChI=1S/C14H16ClNO4S/c15-10-2-1-3-12(6-10)20-8-13(17)16-4-5-21-9-11(16)7-14(18)19/h1-3,6,11H,4-5,7-9H2,(H,18,19). The van der Waals surface area contributed by atoms with Crippen molar-refractivity contribution in [3.05, 3.63) is 29.3 Å². The lowest BCUT2D eigenvalue weighted by atomic mass is 10.2. The fourth-order valence-corrected chi connectivity index (χ4v) is 3.38. The highest BCUT2D eigenvalue weighted by molar-refractivity contribution is 7.99. The number of hydrogen-bond acceptors (Lipinski definition) is 4. The monoisotopic (exact) mass is 329 g/mol. The van der Waals surface area contributed by atoms with Crippen LogP contribution in [0, 0.1) is 0 Å². The number of aliphatic carboxylic acids is 1. The lowest BCUT2D eigenvalue weighted by molar-refractivity contribution is -0.141. The zero-order chi connectivity index (χ0) is 15.2. The zero-order valence-electron chi connectivity index (χ0n) is 11.3. The minimum absolute atomic E-state index is 0.0318. The number of carboxylic acids is 1. The van der Waals surface area contributed by atoms with E-state index in [9.17, 15) is 9.59 Å². The Morgan fingerprint density at radius 2 is 2.29 bits per heavy atom. The molecule has 1 atom stereocenters. The van der Waals surface area contributed by atoms with E-state index in [2.05, 4.69) is 0 Å². The Balaban J connectivity index is 1.92. The fourth-order valence-electron chi connectivity index (χ4n) is 2.14. The van der Waals surface area contributed by atoms with Crippen molar-refractivity contribution in [3.63, 3.8) is 0 Å². The first kappa shape index (κ1) is 16.0. The summed E-state index contributed by atoms with van der Waals surface area (Å²) in [5.74, 6) is 0.906. The first-order valence-corrected chi connectivity index (χ1v) is 8.07. The van der Waals surface area contributed by atoms with Gasteiger partial charge < -0.3 is 14.7 Å². The Kier molecular flexibility index (Phi) is 5.76. The number of halogens is 1. The van der Waals surface area contributed by atoms with Gasteiger partial charge in [-0.3, -0.25) is 9.59 Å². The minimum Gasteiger partial charge on any atom is -0.484 e. The number of carbonyl (C=O) groups is 2. The third-order valence-corrected chi connectivity index (χ3v) is 4.44. The molecule has 7 heteroatoms. The van der Waals surface area contributed by atoms with Crippen LogP contribution in [0.25, 0.3) is 0 Å². The summed E-state index contributed by atoms with van der Waals surface area (Å²) in [5.41, 5.74) is 0. The molecule has 0 spiro atoms. The summed E-state index contributed by atoms with van der Waals surface area (Å²) in [7, 11) is 0. The summed E-state index contributed by atoms with van der Waals surface area (Å²) in [4.78, 5) is 24.7. The SMILES string of the molecule is O=C(O)CC1CSCCN1C(=O)COc1cccc(Cl)c1. The van der Waals surface area contributed by atoms with E-state index in [1.807, 2.05) is 0 Å². The van der Waals surface area contributed by atoms with Crippen LogP contribution in [0.4, 0.5) is 0 Å². The molecule has 21 heavy (non-hydrogen) atoms. The van der Waals surface area contributed by atoms with E-state index in [1.165, 1.54) is 0 Å². The molecule has 0 radical (unpaired) electrons. The van der Waals surface area contributed by atoms with Crippen LogP contribution in [0.15, 0.2) is 24.3 Å². The maximum Gasteiger partial charge on any atom is 0.305 e. The van der Waals surface area contributed by atoms with Crippen molar-refractivity contribution in [1.82, 2.24) is 4.90 Å². The molecule has 1 N–H and O–H groups in total. The topological polar surface area (TPSA) is 66.8 Å². The largest absolute Gasteiger partial charge is 0.484 e. The number of carbonyl (C=O) groups excluding carboxylic acids is 1. The van der Waals surface area contributed by atoms with Crippen molar-refractivity contribution in [2.24, 2.45) is 0 Å². The van der Waals surface area contributed by atoms with Gasteiger partial charge in [-0.15, -0.1) is 0 Å². The molecule has 114 valence electrons. The second kappa shape index (κ2) is 7.56. The van der Waals surface area contributed by atoms with Crippen molar-refractivity contribution in [1.29, 1.82) is 0 Å². The van der Waals surface area contributed by atoms with Crippen LogP contribution < -0.4 is 4.74 Å². The van der Waals surface area contributed by atoms with Gasteiger partial charge in [0.1, 0.15) is 5.75 Å². The van der Waals surface area contributed by atoms with Gasteiger partial charge in [-0.2, -0.15) is 11.8 Å². The zero-order valence-corrected chi connectivity index (χ0v) is 12.9. The van der Waals surface area contributed by atoms with Gasteiger partial charge in [0, 0.05) is 23.1 Å². The summed E-state index contributed by atoms with van der Waals surface area (Å²) < 4.78 is 5.43. The molecule has 1 aliphatic heterocycles. The summed E-state index contributed by atoms with van der Waals surface area (Å²) in [5, 5.41) is 9.45. The Bertz CT molecular complexity index is 525. The predicted octanol–water partition coefficient (Wildman–Crippen LogP) is 2.14. The highest BCUT2D eigenvalue weighted by Gasteiger charge is 2.28. The molecule has 1 fully saturated rings. The molecule has 0 saturated carbocycles. The second-order valence-corrected chi connectivity index (χ2v) is 6.25. The molecule has 1 aliphatic rings. The number of benzene rings is 1. The van der Waals surface area contributed by atoms with Crippen LogP contribution in [-0.4, -0.2) is 52.6 Å². The third kappa shape index (κ3) is 4.82. The van der Waals surface area contributed by atoms with Gasteiger partial charge in [0.15, 0.2) is 6.61 Å². The number of nitrogens with zero attached hydrogens (tertiary/aromatic N) is 1. The molecule has 1 heterocycles. The molecule has 0 aromatic heterocycles. The number of ether oxygens (including phenoxy) is 1. The van der Waals surface area contributed by atoms with Crippen LogP contribution in [0.5, 0.6) is 5.75 Å². The van der Waals surface area contributed by atoms with Crippen LogP contribution in [0.3, 0.4) is 0 Å². The molecule has 1 saturated heterocycles. The van der Waals surface area contributed by atoms with Crippen LogP contribution >= 0.6 is 23.4 Å². The number of carboxylic acid groups (broad SMARTS) is 1. The van der Waals surface area contributed by atoms with Crippen molar-refractivity contribution in [2.45, 2.75) is 12.5 Å². The van der Waals surface area contributed by atoms with E-state index in [1.54, 1.807) is 40.9 Å². The van der Waals surface area contributed by atoms with Gasteiger partial charge in [0.25, 0.3) is 5.91 Å². The number of hydrogen-bond donors (Lipinski definition) is 1. The van der Waals surface area contributed by atoms with E-state index < -0.39 is 5.97 Å². The van der Waals surface area contributed by atoms with Crippen LogP contribution in [0.1, 0.15) is 6.42 Å². The molecule has 1 aromatic carbocycles. The number of amides is 1. The van der Waals surface area contributed by atoms with Crippen molar-refractivity contribution in [3.8, 4) is 5.75 Å². The molecule has 0 aliphatic carbocycles. The normalized spacial score (nSPS) is 18.3. The van der Waals surface area contributed by atoms with Crippen molar-refractivity contribution < 1.29 is 19.4 Å². The maximum atomic E-state index is 12.2. The van der Waals surface area contributed by atoms with Gasteiger partial charge in [-0.05, 0) is 18.2 Å². The van der Waals surface area contributed by atoms with Crippen molar-refractivity contribution >= 4 is 35.2 Å². The third-order valence-electron chi connectivity index (χ3n) is 3.12. The fraction of sp³-hybridized carbons (Fsp3) is 0.429. The molecular formula is C14H16ClNO4S. The molecule has 1 unspecified atom stereocenters. The van der Waals surface area contributed by atoms with Crippen LogP contribution in [-0.2, 0) is 9.59 Å². The molecular weight excluding hydrogens is 314 g/mol. The van der Waals surface area contributed by atoms with Crippen molar-refractivity contribution in [2.75, 3.05) is 24.7 Å². The lowest BCUT2D eigenvalue weighted by Gasteiger charge is -2.34. The van der Waals surface area contributed by atoms with Crippen LogP contribution in [0.2, 0.25) is 5.02 Å². The van der Waals surface area contributed by atoms with Gasteiger partial charge in [0.05, 0.1) is 12.5 Å². The molecule has 1 aromatic rings. The molecule has 0 bridgehead atoms. The summed E-state index contributed by atoms with van der Waals surface area (Å²) in [6.07, 6.45) is -0.0318. The molecule has 1 amide bonds. The smallest absolute Gasteiger partial charge is 0.305 e. The van der Waals surface area contributed by atoms with E-state index in [-0.39, 0.29) is 25.0 Å². The van der Waals surface area contributed by atoms with Gasteiger partial charge in [-0.1, -0.05) is 17.7 Å². The number of thioether (sulfide) groups is 1. The average molecular weight is 330 g/mol. The highest BCUT2D eigenvalue weighted by Crippen LogP contribution is 2.20.